The third-order valence-corrected chi connectivity index (χ3v) is 12.1. The molecule has 0 aromatic heterocycles. The number of aromatic hydroxyl groups is 1. The van der Waals surface area contributed by atoms with Crippen LogP contribution >= 0.6 is 0 Å². The van der Waals surface area contributed by atoms with E-state index >= 15 is 0 Å². The number of amides is 6. The second-order valence-electron chi connectivity index (χ2n) is 17.6. The van der Waals surface area contributed by atoms with E-state index in [1.807, 2.05) is 60.7 Å². The average molecular weight is 895 g/mol. The van der Waals surface area contributed by atoms with Crippen molar-refractivity contribution in [2.75, 3.05) is 32.7 Å². The lowest BCUT2D eigenvalue weighted by Gasteiger charge is -2.33. The van der Waals surface area contributed by atoms with Gasteiger partial charge in [-0.3, -0.25) is 28.8 Å². The SMILES string of the molecule is CCCCCCCCCCCCCCCC(=O)NCC(=O)N(CC(=O)N(CC(=O)N(CC(=O)N(CC(N)=O)Cc1ccccc1)Cc1ccc(O)cc1)Cc1ccccc1)C1CCCC1. The van der Waals surface area contributed by atoms with Crippen LogP contribution < -0.4 is 11.1 Å². The van der Waals surface area contributed by atoms with Gasteiger partial charge in [-0.05, 0) is 48.1 Å². The Kier molecular flexibility index (Phi) is 23.7. The Morgan fingerprint density at radius 2 is 0.954 bits per heavy atom. The molecule has 0 unspecified atom stereocenters. The van der Waals surface area contributed by atoms with Gasteiger partial charge < -0.3 is 35.8 Å². The van der Waals surface area contributed by atoms with Gasteiger partial charge in [-0.15, -0.1) is 0 Å². The monoisotopic (exact) mass is 895 g/mol. The van der Waals surface area contributed by atoms with Crippen molar-refractivity contribution in [3.8, 4) is 5.75 Å². The van der Waals surface area contributed by atoms with Crippen LogP contribution in [0.25, 0.3) is 0 Å². The highest BCUT2D eigenvalue weighted by Gasteiger charge is 2.32. The summed E-state index contributed by atoms with van der Waals surface area (Å²) in [6, 6.07) is 24.4. The number of hydrogen-bond donors (Lipinski definition) is 3. The van der Waals surface area contributed by atoms with E-state index in [0.717, 1.165) is 56.1 Å². The van der Waals surface area contributed by atoms with Crippen molar-refractivity contribution in [2.24, 2.45) is 5.73 Å². The molecule has 1 saturated carbocycles. The molecule has 0 saturated heterocycles. The molecule has 13 nitrogen and oxygen atoms in total. The number of phenolic OH excluding ortho intramolecular Hbond substituents is 1. The van der Waals surface area contributed by atoms with Crippen molar-refractivity contribution in [1.29, 1.82) is 0 Å². The highest BCUT2D eigenvalue weighted by molar-refractivity contribution is 5.92. The molecule has 4 rings (SSSR count). The van der Waals surface area contributed by atoms with Gasteiger partial charge >= 0.3 is 0 Å². The lowest BCUT2D eigenvalue weighted by molar-refractivity contribution is -0.148. The summed E-state index contributed by atoms with van der Waals surface area (Å²) in [5.74, 6) is -2.70. The fourth-order valence-corrected chi connectivity index (χ4v) is 8.39. The summed E-state index contributed by atoms with van der Waals surface area (Å²) in [5.41, 5.74) is 7.72. The molecule has 0 spiro atoms. The Hall–Kier alpha value is -5.72. The molecule has 1 aliphatic carbocycles. The van der Waals surface area contributed by atoms with Crippen LogP contribution in [0, 0.1) is 0 Å². The second-order valence-corrected chi connectivity index (χ2v) is 17.6. The number of nitrogens with two attached hydrogens (primary N) is 1. The van der Waals surface area contributed by atoms with Gasteiger partial charge in [-0.2, -0.15) is 0 Å². The summed E-state index contributed by atoms with van der Waals surface area (Å²) in [5, 5.41) is 12.7. The lowest BCUT2D eigenvalue weighted by Crippen LogP contribution is -2.52. The summed E-state index contributed by atoms with van der Waals surface area (Å²) >= 11 is 0. The van der Waals surface area contributed by atoms with Crippen molar-refractivity contribution in [2.45, 2.75) is 148 Å². The minimum atomic E-state index is -0.707. The van der Waals surface area contributed by atoms with Crippen LogP contribution in [0.5, 0.6) is 5.75 Å². The molecule has 65 heavy (non-hydrogen) atoms. The van der Waals surface area contributed by atoms with Gasteiger partial charge in [0.15, 0.2) is 0 Å². The van der Waals surface area contributed by atoms with Gasteiger partial charge in [-0.25, -0.2) is 0 Å². The van der Waals surface area contributed by atoms with Gasteiger partial charge in [0.25, 0.3) is 0 Å². The van der Waals surface area contributed by atoms with Crippen molar-refractivity contribution in [3.05, 3.63) is 102 Å². The van der Waals surface area contributed by atoms with Gasteiger partial charge in [0, 0.05) is 32.1 Å². The van der Waals surface area contributed by atoms with Gasteiger partial charge in [0.05, 0.1) is 13.1 Å². The quantitative estimate of drug-likeness (QED) is 0.0557. The maximum atomic E-state index is 14.4. The number of primary amides is 1. The predicted octanol–water partition coefficient (Wildman–Crippen LogP) is 7.63. The van der Waals surface area contributed by atoms with Crippen LogP contribution in [0.3, 0.4) is 0 Å². The van der Waals surface area contributed by atoms with Crippen LogP contribution in [0.2, 0.25) is 0 Å². The number of carbonyl (C=O) groups excluding carboxylic acids is 6. The fraction of sp³-hybridized carbons (Fsp3) is 0.538. The molecule has 3 aromatic rings. The largest absolute Gasteiger partial charge is 0.508 e. The molecule has 1 fully saturated rings. The number of hydrogen-bond acceptors (Lipinski definition) is 7. The number of benzene rings is 3. The molecule has 0 radical (unpaired) electrons. The van der Waals surface area contributed by atoms with E-state index in [9.17, 15) is 33.9 Å². The Bertz CT molecular complexity index is 1890. The Morgan fingerprint density at radius 1 is 0.538 bits per heavy atom. The number of nitrogens with zero attached hydrogens (tertiary/aromatic N) is 4. The molecule has 13 heteroatoms. The maximum Gasteiger partial charge on any atom is 0.242 e. The first kappa shape index (κ1) is 51.9. The molecular formula is C52H74N6O7. The summed E-state index contributed by atoms with van der Waals surface area (Å²) in [7, 11) is 0. The van der Waals surface area contributed by atoms with E-state index in [2.05, 4.69) is 12.2 Å². The highest BCUT2D eigenvalue weighted by atomic mass is 16.3. The molecule has 0 bridgehead atoms. The van der Waals surface area contributed by atoms with Crippen LogP contribution in [-0.2, 0) is 48.4 Å². The standard InChI is InChI=1S/C52H74N6O7/c1-2-3-4-5-6-7-8-9-10-11-12-13-20-29-48(61)54-34-49(62)58(45-27-21-22-28-45)41-52(65)57(36-43-25-18-15-19-26-43)40-51(64)56(37-44-30-32-46(59)33-31-44)39-50(63)55(38-47(53)60)35-42-23-16-14-17-24-42/h14-19,23-26,30-33,45,59H,2-13,20-22,27-29,34-41H2,1H3,(H2,53,60)(H,54,61). The van der Waals surface area contributed by atoms with Crippen LogP contribution in [0.15, 0.2) is 84.9 Å². The number of carbonyl (C=O) groups is 6. The predicted molar refractivity (Wildman–Crippen MR) is 254 cm³/mol. The number of rotatable bonds is 31. The van der Waals surface area contributed by atoms with Crippen molar-refractivity contribution < 1.29 is 33.9 Å². The smallest absolute Gasteiger partial charge is 0.242 e. The van der Waals surface area contributed by atoms with Gasteiger partial charge in [0.2, 0.25) is 35.4 Å². The minimum absolute atomic E-state index is 0.0281. The molecule has 0 atom stereocenters. The molecule has 1 aliphatic rings. The third-order valence-electron chi connectivity index (χ3n) is 12.1. The van der Waals surface area contributed by atoms with Crippen LogP contribution in [-0.4, -0.2) is 98.9 Å². The van der Waals surface area contributed by atoms with Crippen molar-refractivity contribution >= 4 is 35.4 Å². The summed E-state index contributed by atoms with van der Waals surface area (Å²) in [6.45, 7) is 0.690. The lowest BCUT2D eigenvalue weighted by atomic mass is 10.0. The first-order valence-corrected chi connectivity index (χ1v) is 24.1. The highest BCUT2D eigenvalue weighted by Crippen LogP contribution is 2.24. The Labute approximate surface area is 387 Å². The van der Waals surface area contributed by atoms with E-state index in [1.54, 1.807) is 17.0 Å². The fourth-order valence-electron chi connectivity index (χ4n) is 8.39. The molecule has 0 aliphatic heterocycles. The van der Waals surface area contributed by atoms with E-state index < -0.39 is 36.7 Å². The maximum absolute atomic E-state index is 14.4. The second kappa shape index (κ2) is 29.7. The summed E-state index contributed by atoms with van der Waals surface area (Å²) in [4.78, 5) is 87.2. The zero-order chi connectivity index (χ0) is 46.7. The number of unbranched alkanes of at least 4 members (excludes halogenated alkanes) is 12. The zero-order valence-corrected chi connectivity index (χ0v) is 38.8. The topological polar surface area (TPSA) is 174 Å². The normalized spacial score (nSPS) is 12.4. The zero-order valence-electron chi connectivity index (χ0n) is 38.8. The molecule has 354 valence electrons. The molecule has 4 N–H and O–H groups in total. The van der Waals surface area contributed by atoms with Crippen LogP contribution in [0.1, 0.15) is 139 Å². The van der Waals surface area contributed by atoms with Crippen molar-refractivity contribution in [1.82, 2.24) is 24.9 Å². The molecule has 0 heterocycles. The Balaban J connectivity index is 1.39. The summed E-state index contributed by atoms with van der Waals surface area (Å²) < 4.78 is 0. The third kappa shape index (κ3) is 20.3. The van der Waals surface area contributed by atoms with Crippen molar-refractivity contribution in [3.63, 3.8) is 0 Å². The average Bonchev–Trinajstić information content (AvgIpc) is 3.84. The first-order chi connectivity index (χ1) is 31.5. The van der Waals surface area contributed by atoms with Crippen LogP contribution in [0.4, 0.5) is 0 Å². The molecular weight excluding hydrogens is 821 g/mol. The number of nitrogens with one attached hydrogen (secondary N) is 1. The minimum Gasteiger partial charge on any atom is -0.508 e. The summed E-state index contributed by atoms with van der Waals surface area (Å²) in [6.07, 6.45) is 19.4. The van der Waals surface area contributed by atoms with E-state index in [1.165, 1.54) is 91.0 Å². The van der Waals surface area contributed by atoms with E-state index in [0.29, 0.717) is 12.0 Å². The van der Waals surface area contributed by atoms with Gasteiger partial charge in [-0.1, -0.05) is 170 Å². The molecule has 3 aromatic carbocycles. The van der Waals surface area contributed by atoms with E-state index in [4.69, 9.17) is 5.73 Å². The Morgan fingerprint density at radius 3 is 1.42 bits per heavy atom. The number of phenols is 1. The first-order valence-electron chi connectivity index (χ1n) is 24.1. The van der Waals surface area contributed by atoms with E-state index in [-0.39, 0.29) is 62.9 Å². The van der Waals surface area contributed by atoms with Gasteiger partial charge in [0.1, 0.15) is 25.4 Å². The molecule has 6 amide bonds.